The molecule has 244 valence electrons. The lowest BCUT2D eigenvalue weighted by Crippen LogP contribution is -2.44. The van der Waals surface area contributed by atoms with Crippen LogP contribution in [-0.4, -0.2) is 0 Å². The molecule has 2 spiro atoms. The van der Waals surface area contributed by atoms with Crippen LogP contribution in [0.5, 0.6) is 0 Å². The first-order valence-electron chi connectivity index (χ1n) is 18.5. The topological polar surface area (TPSA) is 0 Å². The van der Waals surface area contributed by atoms with Crippen molar-refractivity contribution in [1.82, 2.24) is 0 Å². The van der Waals surface area contributed by atoms with Crippen molar-refractivity contribution in [3.8, 4) is 33.4 Å². The molecule has 0 bridgehead atoms. The van der Waals surface area contributed by atoms with Crippen molar-refractivity contribution < 1.29 is 0 Å². The van der Waals surface area contributed by atoms with Gasteiger partial charge in [0.05, 0.1) is 10.8 Å². The molecule has 0 heteroatoms. The van der Waals surface area contributed by atoms with Crippen LogP contribution in [0.3, 0.4) is 0 Å². The molecule has 3 aliphatic rings. The Morgan fingerprint density at radius 3 is 1.17 bits per heavy atom. The SMILES string of the molecule is CC(c1ccccc1)c1ccc(-c2cccc3c2C2(c4ccccc4-c4ccccc42)c2ccccc2C32c3ccccc3-c3ccccc32)cc1. The summed E-state index contributed by atoms with van der Waals surface area (Å²) < 4.78 is 0. The molecule has 3 aliphatic carbocycles. The Morgan fingerprint density at radius 1 is 0.288 bits per heavy atom. The van der Waals surface area contributed by atoms with Crippen LogP contribution in [0.2, 0.25) is 0 Å². The molecular formula is C52H36. The molecule has 0 fully saturated rings. The fraction of sp³-hybridized carbons (Fsp3) is 0.0769. The third kappa shape index (κ3) is 3.62. The van der Waals surface area contributed by atoms with Gasteiger partial charge in [-0.2, -0.15) is 0 Å². The van der Waals surface area contributed by atoms with E-state index in [1.807, 2.05) is 0 Å². The average Bonchev–Trinajstić information content (AvgIpc) is 3.69. The Bertz CT molecular complexity index is 2600. The highest BCUT2D eigenvalue weighted by atomic mass is 14.6. The first-order valence-corrected chi connectivity index (χ1v) is 18.5. The molecule has 0 saturated carbocycles. The van der Waals surface area contributed by atoms with Gasteiger partial charge in [-0.15, -0.1) is 0 Å². The highest BCUT2D eigenvalue weighted by molar-refractivity contribution is 5.96. The van der Waals surface area contributed by atoms with Crippen LogP contribution in [-0.2, 0) is 10.8 Å². The van der Waals surface area contributed by atoms with E-state index in [1.165, 1.54) is 89.0 Å². The lowest BCUT2D eigenvalue weighted by Gasteiger charge is -2.49. The van der Waals surface area contributed by atoms with E-state index in [2.05, 4.69) is 201 Å². The molecule has 0 saturated heterocycles. The van der Waals surface area contributed by atoms with E-state index in [1.54, 1.807) is 0 Å². The van der Waals surface area contributed by atoms with Crippen molar-refractivity contribution in [3.63, 3.8) is 0 Å². The number of benzene rings is 8. The zero-order chi connectivity index (χ0) is 34.4. The van der Waals surface area contributed by atoms with Crippen LogP contribution in [0.1, 0.15) is 68.5 Å². The first kappa shape index (κ1) is 29.5. The highest BCUT2D eigenvalue weighted by Gasteiger charge is 2.59. The monoisotopic (exact) mass is 660 g/mol. The maximum atomic E-state index is 2.45. The molecule has 52 heavy (non-hydrogen) atoms. The number of hydrogen-bond acceptors (Lipinski definition) is 0. The molecule has 1 unspecified atom stereocenters. The van der Waals surface area contributed by atoms with Gasteiger partial charge in [-0.25, -0.2) is 0 Å². The Hall–Kier alpha value is -6.24. The maximum Gasteiger partial charge on any atom is 0.0725 e. The van der Waals surface area contributed by atoms with Crippen LogP contribution < -0.4 is 0 Å². The molecule has 0 nitrogen and oxygen atoms in total. The Labute approximate surface area is 305 Å². The van der Waals surface area contributed by atoms with Crippen LogP contribution in [0, 0.1) is 0 Å². The van der Waals surface area contributed by atoms with Crippen LogP contribution >= 0.6 is 0 Å². The summed E-state index contributed by atoms with van der Waals surface area (Å²) in [5.41, 5.74) is 20.5. The first-order chi connectivity index (χ1) is 25.7. The summed E-state index contributed by atoms with van der Waals surface area (Å²) in [5, 5.41) is 0. The van der Waals surface area contributed by atoms with Crippen LogP contribution in [0.15, 0.2) is 194 Å². The zero-order valence-electron chi connectivity index (χ0n) is 29.1. The summed E-state index contributed by atoms with van der Waals surface area (Å²) in [6, 6.07) is 73.4. The van der Waals surface area contributed by atoms with Crippen molar-refractivity contribution in [2.75, 3.05) is 0 Å². The molecule has 0 heterocycles. The van der Waals surface area contributed by atoms with Gasteiger partial charge in [-0.3, -0.25) is 0 Å². The summed E-state index contributed by atoms with van der Waals surface area (Å²) in [5.74, 6) is 0.307. The minimum Gasteiger partial charge on any atom is -0.0622 e. The molecule has 11 rings (SSSR count). The molecule has 0 amide bonds. The smallest absolute Gasteiger partial charge is 0.0622 e. The van der Waals surface area contributed by atoms with Crippen LogP contribution in [0.25, 0.3) is 33.4 Å². The standard InChI is InChI=1S/C52H36/c1-34(35-16-3-2-4-17-35)36-30-32-37(33-31-36)38-22-15-29-49-50(38)52(45-25-11-7-20-41(45)42-21-8-12-26-46(42)52)48-28-14-13-27-47(48)51(49)43-23-9-5-18-39(43)40-19-6-10-24-44(40)51/h2-34H,1H3. The molecule has 8 aromatic rings. The predicted molar refractivity (Wildman–Crippen MR) is 214 cm³/mol. The summed E-state index contributed by atoms with van der Waals surface area (Å²) in [7, 11) is 0. The van der Waals surface area contributed by atoms with E-state index in [4.69, 9.17) is 0 Å². The second-order valence-corrected chi connectivity index (χ2v) is 14.7. The van der Waals surface area contributed by atoms with E-state index in [9.17, 15) is 0 Å². The van der Waals surface area contributed by atoms with E-state index in [-0.39, 0.29) is 0 Å². The summed E-state index contributed by atoms with van der Waals surface area (Å²) >= 11 is 0. The lowest BCUT2D eigenvalue weighted by atomic mass is 9.51. The number of rotatable bonds is 3. The lowest BCUT2D eigenvalue weighted by molar-refractivity contribution is 0.634. The van der Waals surface area contributed by atoms with E-state index in [0.717, 1.165) is 0 Å². The fourth-order valence-electron chi connectivity index (χ4n) is 10.4. The molecular weight excluding hydrogens is 625 g/mol. The van der Waals surface area contributed by atoms with Gasteiger partial charge in [0, 0.05) is 5.92 Å². The van der Waals surface area contributed by atoms with Gasteiger partial charge in [0.15, 0.2) is 0 Å². The summed E-state index contributed by atoms with van der Waals surface area (Å²) in [6.07, 6.45) is 0. The predicted octanol–water partition coefficient (Wildman–Crippen LogP) is 12.5. The molecule has 8 aromatic carbocycles. The summed E-state index contributed by atoms with van der Waals surface area (Å²) in [6.45, 7) is 2.31. The number of fused-ring (bicyclic) bond motifs is 16. The second kappa shape index (κ2) is 10.9. The van der Waals surface area contributed by atoms with Gasteiger partial charge in [-0.05, 0) is 89.0 Å². The largest absolute Gasteiger partial charge is 0.0725 e. The van der Waals surface area contributed by atoms with Crippen LogP contribution in [0.4, 0.5) is 0 Å². The Balaban J connectivity index is 1.29. The highest BCUT2D eigenvalue weighted by Crippen LogP contribution is 2.68. The average molecular weight is 661 g/mol. The van der Waals surface area contributed by atoms with Gasteiger partial charge < -0.3 is 0 Å². The van der Waals surface area contributed by atoms with Gasteiger partial charge >= 0.3 is 0 Å². The number of hydrogen-bond donors (Lipinski definition) is 0. The zero-order valence-corrected chi connectivity index (χ0v) is 29.1. The van der Waals surface area contributed by atoms with E-state index in [0.29, 0.717) is 5.92 Å². The molecule has 0 radical (unpaired) electrons. The Kier molecular flexibility index (Phi) is 6.17. The van der Waals surface area contributed by atoms with Gasteiger partial charge in [0.25, 0.3) is 0 Å². The normalized spacial score (nSPS) is 15.2. The molecule has 0 aromatic heterocycles. The second-order valence-electron chi connectivity index (χ2n) is 14.7. The van der Waals surface area contributed by atoms with Crippen molar-refractivity contribution in [1.29, 1.82) is 0 Å². The third-order valence-electron chi connectivity index (χ3n) is 12.5. The third-order valence-corrected chi connectivity index (χ3v) is 12.5. The molecule has 1 atom stereocenters. The summed E-state index contributed by atoms with van der Waals surface area (Å²) in [4.78, 5) is 0. The quantitative estimate of drug-likeness (QED) is 0.177. The molecule has 0 N–H and O–H groups in total. The minimum atomic E-state index is -0.510. The van der Waals surface area contributed by atoms with Gasteiger partial charge in [0.2, 0.25) is 0 Å². The Morgan fingerprint density at radius 2 is 0.654 bits per heavy atom. The van der Waals surface area contributed by atoms with E-state index >= 15 is 0 Å². The van der Waals surface area contributed by atoms with Gasteiger partial charge in [-0.1, -0.05) is 201 Å². The van der Waals surface area contributed by atoms with Crippen molar-refractivity contribution in [2.24, 2.45) is 0 Å². The molecule has 0 aliphatic heterocycles. The maximum absolute atomic E-state index is 2.45. The van der Waals surface area contributed by atoms with Gasteiger partial charge in [0.1, 0.15) is 0 Å². The van der Waals surface area contributed by atoms with Crippen molar-refractivity contribution >= 4 is 0 Å². The fourth-order valence-corrected chi connectivity index (χ4v) is 10.4. The van der Waals surface area contributed by atoms with Crippen molar-refractivity contribution in [2.45, 2.75) is 23.7 Å². The van der Waals surface area contributed by atoms with E-state index < -0.39 is 10.8 Å². The minimum absolute atomic E-state index is 0.307. The van der Waals surface area contributed by atoms with Crippen molar-refractivity contribution in [3.05, 3.63) is 250 Å².